The van der Waals surface area contributed by atoms with Crippen molar-refractivity contribution in [3.05, 3.63) is 68.6 Å². The van der Waals surface area contributed by atoms with Crippen molar-refractivity contribution in [3.63, 3.8) is 0 Å². The van der Waals surface area contributed by atoms with E-state index in [0.29, 0.717) is 11.1 Å². The van der Waals surface area contributed by atoms with Gasteiger partial charge in [-0.1, -0.05) is 68.3 Å². The molecule has 4 heteroatoms. The van der Waals surface area contributed by atoms with Gasteiger partial charge in [-0.25, -0.2) is 0 Å². The van der Waals surface area contributed by atoms with Crippen LogP contribution in [0.25, 0.3) is 0 Å². The van der Waals surface area contributed by atoms with E-state index in [1.54, 1.807) is 12.1 Å². The van der Waals surface area contributed by atoms with Gasteiger partial charge in [-0.3, -0.25) is 0 Å². The van der Waals surface area contributed by atoms with Gasteiger partial charge in [-0.2, -0.15) is 0 Å². The molecule has 0 aromatic heterocycles. The quantitative estimate of drug-likeness (QED) is 0.856. The van der Waals surface area contributed by atoms with Crippen LogP contribution in [0.1, 0.15) is 23.3 Å². The van der Waals surface area contributed by atoms with Crippen molar-refractivity contribution in [1.82, 2.24) is 0 Å². The lowest BCUT2D eigenvalue weighted by Crippen LogP contribution is -2.11. The Morgan fingerprint density at radius 2 is 1.00 bits per heavy atom. The first-order valence-electron chi connectivity index (χ1n) is 5.46. The summed E-state index contributed by atoms with van der Waals surface area (Å²) in [6.45, 7) is 0. The van der Waals surface area contributed by atoms with Gasteiger partial charge in [0.1, 0.15) is 12.2 Å². The molecule has 0 spiro atoms. The van der Waals surface area contributed by atoms with Crippen molar-refractivity contribution in [3.8, 4) is 0 Å². The van der Waals surface area contributed by atoms with Crippen LogP contribution < -0.4 is 0 Å². The molecular weight excluding hydrogens is 360 g/mol. The largest absolute Gasteiger partial charge is 0.385 e. The number of rotatable bonds is 3. The van der Waals surface area contributed by atoms with Crippen LogP contribution >= 0.6 is 31.9 Å². The molecule has 0 saturated heterocycles. The van der Waals surface area contributed by atoms with Gasteiger partial charge < -0.3 is 10.2 Å². The maximum atomic E-state index is 10.2. The zero-order valence-corrected chi connectivity index (χ0v) is 12.6. The Bertz CT molecular complexity index is 493. The van der Waals surface area contributed by atoms with Gasteiger partial charge in [-0.15, -0.1) is 0 Å². The molecule has 0 aliphatic carbocycles. The Morgan fingerprint density at radius 3 is 1.33 bits per heavy atom. The summed E-state index contributed by atoms with van der Waals surface area (Å²) in [5.41, 5.74) is 1.33. The SMILES string of the molecule is OC(c1ccccc1Br)[C@H](O)c1ccccc1Br. The molecule has 2 aromatic carbocycles. The van der Waals surface area contributed by atoms with E-state index in [4.69, 9.17) is 0 Å². The van der Waals surface area contributed by atoms with E-state index in [1.807, 2.05) is 36.4 Å². The summed E-state index contributed by atoms with van der Waals surface area (Å²) in [6, 6.07) is 14.6. The minimum Gasteiger partial charge on any atom is -0.385 e. The molecular formula is C14H12Br2O2. The van der Waals surface area contributed by atoms with Crippen molar-refractivity contribution >= 4 is 31.9 Å². The van der Waals surface area contributed by atoms with Crippen LogP contribution in [0.15, 0.2) is 57.5 Å². The number of hydrogen-bond acceptors (Lipinski definition) is 2. The van der Waals surface area contributed by atoms with Crippen LogP contribution in [0, 0.1) is 0 Å². The fraction of sp³-hybridized carbons (Fsp3) is 0.143. The lowest BCUT2D eigenvalue weighted by Gasteiger charge is -2.20. The topological polar surface area (TPSA) is 40.5 Å². The second kappa shape index (κ2) is 5.97. The molecule has 0 heterocycles. The third kappa shape index (κ3) is 2.83. The van der Waals surface area contributed by atoms with Crippen molar-refractivity contribution in [2.75, 3.05) is 0 Å². The zero-order chi connectivity index (χ0) is 13.1. The van der Waals surface area contributed by atoms with E-state index < -0.39 is 12.2 Å². The van der Waals surface area contributed by atoms with E-state index in [0.717, 1.165) is 8.95 Å². The van der Waals surface area contributed by atoms with Crippen LogP contribution in [-0.4, -0.2) is 10.2 Å². The lowest BCUT2D eigenvalue weighted by molar-refractivity contribution is 0.0164. The van der Waals surface area contributed by atoms with Crippen LogP contribution in [0.4, 0.5) is 0 Å². The van der Waals surface area contributed by atoms with Gasteiger partial charge in [-0.05, 0) is 23.3 Å². The third-order valence-electron chi connectivity index (χ3n) is 2.75. The number of aliphatic hydroxyl groups excluding tert-OH is 2. The summed E-state index contributed by atoms with van der Waals surface area (Å²) in [5.74, 6) is 0. The highest BCUT2D eigenvalue weighted by atomic mass is 79.9. The standard InChI is InChI=1S/C14H12Br2O2/c15-11-7-3-1-5-9(11)13(17)14(18)10-6-2-4-8-12(10)16/h1-8,13-14,17-18H/t13-,14?/m1/s1. The smallest absolute Gasteiger partial charge is 0.110 e. The summed E-state index contributed by atoms with van der Waals surface area (Å²) in [7, 11) is 0. The summed E-state index contributed by atoms with van der Waals surface area (Å²) >= 11 is 6.75. The predicted molar refractivity (Wildman–Crippen MR) is 78.2 cm³/mol. The zero-order valence-electron chi connectivity index (χ0n) is 9.42. The predicted octanol–water partition coefficient (Wildman–Crippen LogP) is 3.98. The summed E-state index contributed by atoms with van der Waals surface area (Å²) in [4.78, 5) is 0. The molecule has 0 bridgehead atoms. The molecule has 2 aromatic rings. The Balaban J connectivity index is 2.33. The third-order valence-corrected chi connectivity index (χ3v) is 4.19. The van der Waals surface area contributed by atoms with Gasteiger partial charge in [0, 0.05) is 8.95 Å². The summed E-state index contributed by atoms with van der Waals surface area (Å²) in [5, 5.41) is 20.5. The molecule has 0 aliphatic rings. The minimum atomic E-state index is -0.973. The molecule has 2 rings (SSSR count). The van der Waals surface area contributed by atoms with Gasteiger partial charge in [0.15, 0.2) is 0 Å². The fourth-order valence-corrected chi connectivity index (χ4v) is 2.81. The number of benzene rings is 2. The Hall–Kier alpha value is -0.680. The molecule has 0 fully saturated rings. The summed E-state index contributed by atoms with van der Waals surface area (Å²) in [6.07, 6.45) is -1.95. The molecule has 18 heavy (non-hydrogen) atoms. The molecule has 1 unspecified atom stereocenters. The first kappa shape index (κ1) is 13.7. The molecule has 0 radical (unpaired) electrons. The van der Waals surface area contributed by atoms with Gasteiger partial charge >= 0.3 is 0 Å². The van der Waals surface area contributed by atoms with E-state index >= 15 is 0 Å². The first-order chi connectivity index (χ1) is 8.61. The molecule has 2 atom stereocenters. The highest BCUT2D eigenvalue weighted by Gasteiger charge is 2.23. The van der Waals surface area contributed by atoms with Crippen LogP contribution in [0.5, 0.6) is 0 Å². The first-order valence-corrected chi connectivity index (χ1v) is 7.05. The van der Waals surface area contributed by atoms with Crippen molar-refractivity contribution in [2.45, 2.75) is 12.2 Å². The van der Waals surface area contributed by atoms with Crippen molar-refractivity contribution in [2.24, 2.45) is 0 Å². The summed E-state index contributed by atoms with van der Waals surface area (Å²) < 4.78 is 1.56. The van der Waals surface area contributed by atoms with Crippen LogP contribution in [0.3, 0.4) is 0 Å². The van der Waals surface area contributed by atoms with Crippen LogP contribution in [-0.2, 0) is 0 Å². The van der Waals surface area contributed by atoms with E-state index in [2.05, 4.69) is 31.9 Å². The van der Waals surface area contributed by atoms with E-state index in [-0.39, 0.29) is 0 Å². The van der Waals surface area contributed by atoms with Crippen molar-refractivity contribution in [1.29, 1.82) is 0 Å². The fourth-order valence-electron chi connectivity index (χ4n) is 1.77. The number of hydrogen-bond donors (Lipinski definition) is 2. The van der Waals surface area contributed by atoms with Crippen LogP contribution in [0.2, 0.25) is 0 Å². The Labute approximate surface area is 123 Å². The Kier molecular flexibility index (Phi) is 4.56. The molecule has 2 N–H and O–H groups in total. The maximum Gasteiger partial charge on any atom is 0.110 e. The van der Waals surface area contributed by atoms with Gasteiger partial charge in [0.2, 0.25) is 0 Å². The second-order valence-electron chi connectivity index (χ2n) is 3.93. The molecule has 94 valence electrons. The maximum absolute atomic E-state index is 10.2. The van der Waals surface area contributed by atoms with E-state index in [9.17, 15) is 10.2 Å². The molecule has 0 amide bonds. The average Bonchev–Trinajstić information content (AvgIpc) is 2.38. The number of halogens is 2. The normalized spacial score (nSPS) is 14.2. The molecule has 0 saturated carbocycles. The lowest BCUT2D eigenvalue weighted by atomic mass is 9.98. The average molecular weight is 372 g/mol. The Morgan fingerprint density at radius 1 is 0.667 bits per heavy atom. The highest BCUT2D eigenvalue weighted by molar-refractivity contribution is 9.10. The monoisotopic (exact) mass is 370 g/mol. The highest BCUT2D eigenvalue weighted by Crippen LogP contribution is 2.35. The molecule has 2 nitrogen and oxygen atoms in total. The van der Waals surface area contributed by atoms with E-state index in [1.165, 1.54) is 0 Å². The second-order valence-corrected chi connectivity index (χ2v) is 5.64. The number of aliphatic hydroxyl groups is 2. The minimum absolute atomic E-state index is 0.667. The molecule has 0 aliphatic heterocycles. The van der Waals surface area contributed by atoms with Gasteiger partial charge in [0.25, 0.3) is 0 Å². The van der Waals surface area contributed by atoms with Crippen molar-refractivity contribution < 1.29 is 10.2 Å². The van der Waals surface area contributed by atoms with Gasteiger partial charge in [0.05, 0.1) is 0 Å².